The quantitative estimate of drug-likeness (QED) is 0.752. The number of nitrogens with zero attached hydrogens (tertiary/aromatic N) is 1. The molecule has 0 aromatic heterocycles. The average molecular weight is 199 g/mol. The van der Waals surface area contributed by atoms with Gasteiger partial charge in [0.25, 0.3) is 0 Å². The summed E-state index contributed by atoms with van der Waals surface area (Å²) in [6, 6.07) is 0. The minimum Gasteiger partial charge on any atom is -0.396 e. The number of aliphatic hydroxyl groups is 1. The lowest BCUT2D eigenvalue weighted by Crippen LogP contribution is -2.38. The zero-order valence-electron chi connectivity index (χ0n) is 9.92. The Morgan fingerprint density at radius 1 is 1.36 bits per heavy atom. The Kier molecular flexibility index (Phi) is 4.39. The minimum atomic E-state index is 0.367. The van der Waals surface area contributed by atoms with Crippen molar-refractivity contribution in [1.82, 2.24) is 4.90 Å². The number of aliphatic hydroxyl groups excluding tert-OH is 1. The van der Waals surface area contributed by atoms with E-state index in [-0.39, 0.29) is 0 Å². The summed E-state index contributed by atoms with van der Waals surface area (Å²) in [4.78, 5) is 2.51. The highest BCUT2D eigenvalue weighted by Gasteiger charge is 2.20. The predicted molar refractivity (Wildman–Crippen MR) is 60.3 cm³/mol. The standard InChI is InChI=1S/C12H25NO/c1-12(2,3)6-8-13-7-4-5-11(9-13)10-14/h11,14H,4-10H2,1-3H3. The first-order valence-corrected chi connectivity index (χ1v) is 5.84. The van der Waals surface area contributed by atoms with E-state index >= 15 is 0 Å². The molecule has 0 spiro atoms. The van der Waals surface area contributed by atoms with Gasteiger partial charge in [0.2, 0.25) is 0 Å². The lowest BCUT2D eigenvalue weighted by Gasteiger charge is -2.33. The maximum Gasteiger partial charge on any atom is 0.0471 e. The fraction of sp³-hybridized carbons (Fsp3) is 1.00. The summed E-state index contributed by atoms with van der Waals surface area (Å²) >= 11 is 0. The van der Waals surface area contributed by atoms with E-state index in [0.717, 1.165) is 6.54 Å². The second-order valence-electron chi connectivity index (χ2n) is 5.80. The fourth-order valence-electron chi connectivity index (χ4n) is 2.00. The number of hydrogen-bond acceptors (Lipinski definition) is 2. The van der Waals surface area contributed by atoms with Crippen molar-refractivity contribution >= 4 is 0 Å². The maximum absolute atomic E-state index is 9.11. The van der Waals surface area contributed by atoms with Gasteiger partial charge in [-0.3, -0.25) is 0 Å². The second-order valence-corrected chi connectivity index (χ2v) is 5.80. The first kappa shape index (κ1) is 12.0. The Morgan fingerprint density at radius 3 is 2.64 bits per heavy atom. The Labute approximate surface area is 88.3 Å². The summed E-state index contributed by atoms with van der Waals surface area (Å²) in [6.07, 6.45) is 3.73. The molecule has 2 heteroatoms. The topological polar surface area (TPSA) is 23.5 Å². The summed E-state index contributed by atoms with van der Waals surface area (Å²) in [6.45, 7) is 10.8. The molecule has 1 aliphatic heterocycles. The van der Waals surface area contributed by atoms with Gasteiger partial charge < -0.3 is 10.0 Å². The minimum absolute atomic E-state index is 0.367. The van der Waals surface area contributed by atoms with Crippen molar-refractivity contribution < 1.29 is 5.11 Å². The molecule has 84 valence electrons. The first-order valence-electron chi connectivity index (χ1n) is 5.84. The monoisotopic (exact) mass is 199 g/mol. The molecule has 0 radical (unpaired) electrons. The van der Waals surface area contributed by atoms with Gasteiger partial charge in [0.05, 0.1) is 0 Å². The Hall–Kier alpha value is -0.0800. The van der Waals surface area contributed by atoms with Crippen molar-refractivity contribution in [2.45, 2.75) is 40.0 Å². The van der Waals surface area contributed by atoms with E-state index in [1.165, 1.54) is 32.4 Å². The smallest absolute Gasteiger partial charge is 0.0471 e. The van der Waals surface area contributed by atoms with Crippen molar-refractivity contribution in [2.24, 2.45) is 11.3 Å². The summed E-state index contributed by atoms with van der Waals surface area (Å²) in [5.74, 6) is 0.531. The molecule has 1 rings (SSSR count). The molecule has 0 amide bonds. The lowest BCUT2D eigenvalue weighted by molar-refractivity contribution is 0.111. The molecular formula is C12H25NO. The molecule has 1 aliphatic rings. The van der Waals surface area contributed by atoms with Crippen LogP contribution in [0.5, 0.6) is 0 Å². The summed E-state index contributed by atoms with van der Waals surface area (Å²) in [7, 11) is 0. The van der Waals surface area contributed by atoms with Crippen molar-refractivity contribution in [3.63, 3.8) is 0 Å². The van der Waals surface area contributed by atoms with Gasteiger partial charge >= 0.3 is 0 Å². The lowest BCUT2D eigenvalue weighted by atomic mass is 9.91. The van der Waals surface area contributed by atoms with E-state index in [2.05, 4.69) is 25.7 Å². The zero-order chi connectivity index (χ0) is 10.6. The molecule has 1 unspecified atom stereocenters. The van der Waals surface area contributed by atoms with Crippen LogP contribution in [0.1, 0.15) is 40.0 Å². The maximum atomic E-state index is 9.11. The molecule has 1 atom stereocenters. The molecule has 0 aromatic carbocycles. The van der Waals surface area contributed by atoms with Gasteiger partial charge in [-0.05, 0) is 43.7 Å². The first-order chi connectivity index (χ1) is 6.51. The van der Waals surface area contributed by atoms with Crippen LogP contribution in [0.3, 0.4) is 0 Å². The number of likely N-dealkylation sites (tertiary alicyclic amines) is 1. The zero-order valence-corrected chi connectivity index (χ0v) is 9.92. The van der Waals surface area contributed by atoms with Gasteiger partial charge in [0, 0.05) is 13.2 Å². The molecule has 1 N–H and O–H groups in total. The van der Waals surface area contributed by atoms with E-state index in [4.69, 9.17) is 5.11 Å². The van der Waals surface area contributed by atoms with Crippen LogP contribution in [0.4, 0.5) is 0 Å². The van der Waals surface area contributed by atoms with Crippen molar-refractivity contribution in [3.05, 3.63) is 0 Å². The van der Waals surface area contributed by atoms with Crippen LogP contribution in [0.15, 0.2) is 0 Å². The van der Waals surface area contributed by atoms with E-state index in [1.54, 1.807) is 0 Å². The Morgan fingerprint density at radius 2 is 2.07 bits per heavy atom. The SMILES string of the molecule is CC(C)(C)CCN1CCCC(CO)C1. The Bertz CT molecular complexity index is 162. The molecule has 0 aliphatic carbocycles. The van der Waals surface area contributed by atoms with Gasteiger partial charge in [0.15, 0.2) is 0 Å². The number of rotatable bonds is 3. The van der Waals surface area contributed by atoms with Crippen LogP contribution >= 0.6 is 0 Å². The van der Waals surface area contributed by atoms with Crippen LogP contribution in [0, 0.1) is 11.3 Å². The van der Waals surface area contributed by atoms with E-state index < -0.39 is 0 Å². The van der Waals surface area contributed by atoms with Crippen molar-refractivity contribution in [1.29, 1.82) is 0 Å². The molecule has 14 heavy (non-hydrogen) atoms. The molecular weight excluding hydrogens is 174 g/mol. The van der Waals surface area contributed by atoms with E-state index in [1.807, 2.05) is 0 Å². The highest BCUT2D eigenvalue weighted by atomic mass is 16.3. The van der Waals surface area contributed by atoms with Gasteiger partial charge in [-0.1, -0.05) is 20.8 Å². The second kappa shape index (κ2) is 5.13. The third-order valence-electron chi connectivity index (χ3n) is 3.04. The van der Waals surface area contributed by atoms with Crippen LogP contribution in [-0.4, -0.2) is 36.2 Å². The molecule has 0 bridgehead atoms. The molecule has 0 aromatic rings. The Balaban J connectivity index is 2.24. The van der Waals surface area contributed by atoms with Crippen molar-refractivity contribution in [2.75, 3.05) is 26.2 Å². The molecule has 1 heterocycles. The van der Waals surface area contributed by atoms with Crippen LogP contribution in [-0.2, 0) is 0 Å². The summed E-state index contributed by atoms with van der Waals surface area (Å²) in [5.41, 5.74) is 0.437. The average Bonchev–Trinajstić information content (AvgIpc) is 2.14. The van der Waals surface area contributed by atoms with Crippen molar-refractivity contribution in [3.8, 4) is 0 Å². The third-order valence-corrected chi connectivity index (χ3v) is 3.04. The van der Waals surface area contributed by atoms with Gasteiger partial charge in [0.1, 0.15) is 0 Å². The van der Waals surface area contributed by atoms with Crippen LogP contribution in [0.25, 0.3) is 0 Å². The number of hydrogen-bond donors (Lipinski definition) is 1. The summed E-state index contributed by atoms with van der Waals surface area (Å²) < 4.78 is 0. The molecule has 2 nitrogen and oxygen atoms in total. The predicted octanol–water partition coefficient (Wildman–Crippen LogP) is 2.13. The van der Waals surface area contributed by atoms with Gasteiger partial charge in [-0.2, -0.15) is 0 Å². The normalized spacial score (nSPS) is 25.3. The van der Waals surface area contributed by atoms with E-state index in [0.29, 0.717) is 17.9 Å². The molecule has 1 fully saturated rings. The summed E-state index contributed by atoms with van der Waals surface area (Å²) in [5, 5.41) is 9.11. The fourth-order valence-corrected chi connectivity index (χ4v) is 2.00. The van der Waals surface area contributed by atoms with E-state index in [9.17, 15) is 0 Å². The highest BCUT2D eigenvalue weighted by Crippen LogP contribution is 2.21. The third kappa shape index (κ3) is 4.43. The van der Waals surface area contributed by atoms with Gasteiger partial charge in [-0.15, -0.1) is 0 Å². The largest absolute Gasteiger partial charge is 0.396 e. The molecule has 1 saturated heterocycles. The van der Waals surface area contributed by atoms with Crippen LogP contribution < -0.4 is 0 Å². The molecule has 0 saturated carbocycles. The number of piperidine rings is 1. The van der Waals surface area contributed by atoms with Gasteiger partial charge in [-0.25, -0.2) is 0 Å². The van der Waals surface area contributed by atoms with Crippen LogP contribution in [0.2, 0.25) is 0 Å². The highest BCUT2D eigenvalue weighted by molar-refractivity contribution is 4.74.